The Kier molecular flexibility index (Phi) is 3.78. The second kappa shape index (κ2) is 6.09. The van der Waals surface area contributed by atoms with E-state index in [1.807, 2.05) is 35.2 Å². The summed E-state index contributed by atoms with van der Waals surface area (Å²) >= 11 is 6.02. The number of halogens is 2. The van der Waals surface area contributed by atoms with E-state index in [0.29, 0.717) is 31.1 Å². The molecule has 6 nitrogen and oxygen atoms in total. The van der Waals surface area contributed by atoms with E-state index in [-0.39, 0.29) is 16.4 Å². The van der Waals surface area contributed by atoms with Gasteiger partial charge in [-0.2, -0.15) is 5.21 Å². The maximum Gasteiger partial charge on any atom is 0.209 e. The van der Waals surface area contributed by atoms with Gasteiger partial charge in [-0.25, -0.2) is 4.39 Å². The number of hydrogen-bond donors (Lipinski definition) is 1. The van der Waals surface area contributed by atoms with Crippen molar-refractivity contribution in [2.24, 2.45) is 0 Å². The van der Waals surface area contributed by atoms with Crippen molar-refractivity contribution in [3.63, 3.8) is 0 Å². The number of aromatic nitrogens is 4. The van der Waals surface area contributed by atoms with Crippen LogP contribution in [-0.2, 0) is 6.54 Å². The van der Waals surface area contributed by atoms with Crippen LogP contribution in [0.15, 0.2) is 36.4 Å². The van der Waals surface area contributed by atoms with Gasteiger partial charge in [-0.05, 0) is 10.8 Å². The van der Waals surface area contributed by atoms with Crippen LogP contribution in [0.25, 0.3) is 11.4 Å². The van der Waals surface area contributed by atoms with Crippen molar-refractivity contribution in [2.45, 2.75) is 6.54 Å². The second-order valence-electron chi connectivity index (χ2n) is 5.39. The van der Waals surface area contributed by atoms with Gasteiger partial charge in [0.05, 0.1) is 22.8 Å². The van der Waals surface area contributed by atoms with E-state index in [4.69, 9.17) is 16.3 Å². The average Bonchev–Trinajstić information content (AvgIpc) is 3.12. The topological polar surface area (TPSA) is 66.9 Å². The van der Waals surface area contributed by atoms with Crippen LogP contribution in [0.3, 0.4) is 0 Å². The molecule has 24 heavy (non-hydrogen) atoms. The number of ether oxygens (including phenoxy) is 1. The highest BCUT2D eigenvalue weighted by molar-refractivity contribution is 6.31. The van der Waals surface area contributed by atoms with E-state index in [1.54, 1.807) is 0 Å². The number of hydrogen-bond acceptors (Lipinski definition) is 5. The quantitative estimate of drug-likeness (QED) is 0.790. The van der Waals surface area contributed by atoms with Gasteiger partial charge in [0.25, 0.3) is 0 Å². The van der Waals surface area contributed by atoms with Crippen LogP contribution >= 0.6 is 11.6 Å². The molecular weight excluding hydrogens is 333 g/mol. The third-order valence-corrected chi connectivity index (χ3v) is 4.15. The van der Waals surface area contributed by atoms with Crippen LogP contribution in [0.5, 0.6) is 5.75 Å². The highest BCUT2D eigenvalue weighted by Crippen LogP contribution is 2.44. The molecule has 0 unspecified atom stereocenters. The van der Waals surface area contributed by atoms with Gasteiger partial charge in [-0.15, -0.1) is 10.2 Å². The van der Waals surface area contributed by atoms with Gasteiger partial charge in [0.2, 0.25) is 5.82 Å². The van der Waals surface area contributed by atoms with Gasteiger partial charge in [0, 0.05) is 12.6 Å². The fourth-order valence-corrected chi connectivity index (χ4v) is 3.02. The molecule has 0 spiro atoms. The number of tetrazole rings is 1. The summed E-state index contributed by atoms with van der Waals surface area (Å²) in [5.41, 5.74) is 1.90. The number of H-pyrrole nitrogens is 1. The number of benzene rings is 2. The molecule has 3 aromatic rings. The normalized spacial score (nSPS) is 13.5. The largest absolute Gasteiger partial charge is 0.489 e. The van der Waals surface area contributed by atoms with Crippen molar-refractivity contribution in [2.75, 3.05) is 18.1 Å². The minimum atomic E-state index is -0.583. The number of nitrogens with one attached hydrogen (secondary N) is 1. The van der Waals surface area contributed by atoms with Crippen molar-refractivity contribution >= 4 is 17.3 Å². The molecule has 0 amide bonds. The SMILES string of the molecule is Fc1c(Cl)cc2c(c1-c1nn[nH]n1)N(Cc1ccccc1)CCO2. The molecule has 1 N–H and O–H groups in total. The first kappa shape index (κ1) is 14.9. The number of aromatic amines is 1. The van der Waals surface area contributed by atoms with E-state index in [9.17, 15) is 4.39 Å². The smallest absolute Gasteiger partial charge is 0.209 e. The highest BCUT2D eigenvalue weighted by Gasteiger charge is 2.29. The van der Waals surface area contributed by atoms with Crippen LogP contribution in [-0.4, -0.2) is 33.8 Å². The Hall–Kier alpha value is -2.67. The molecule has 122 valence electrons. The Morgan fingerprint density at radius 2 is 2.12 bits per heavy atom. The molecule has 8 heteroatoms. The summed E-state index contributed by atoms with van der Waals surface area (Å²) in [7, 11) is 0. The van der Waals surface area contributed by atoms with E-state index in [1.165, 1.54) is 6.07 Å². The van der Waals surface area contributed by atoms with Crippen LogP contribution in [0.4, 0.5) is 10.1 Å². The zero-order chi connectivity index (χ0) is 16.5. The Morgan fingerprint density at radius 3 is 2.88 bits per heavy atom. The van der Waals surface area contributed by atoms with Crippen LogP contribution in [0.1, 0.15) is 5.56 Å². The Bertz CT molecular complexity index is 857. The van der Waals surface area contributed by atoms with Crippen molar-refractivity contribution in [3.8, 4) is 17.1 Å². The summed E-state index contributed by atoms with van der Waals surface area (Å²) in [6.45, 7) is 1.73. The van der Waals surface area contributed by atoms with Gasteiger partial charge in [0.1, 0.15) is 12.4 Å². The summed E-state index contributed by atoms with van der Waals surface area (Å²) in [4.78, 5) is 2.04. The van der Waals surface area contributed by atoms with Crippen molar-refractivity contribution < 1.29 is 9.13 Å². The molecule has 2 heterocycles. The lowest BCUT2D eigenvalue weighted by Gasteiger charge is -2.33. The molecule has 0 fully saturated rings. The summed E-state index contributed by atoms with van der Waals surface area (Å²) in [6.07, 6.45) is 0. The molecule has 0 radical (unpaired) electrons. The maximum atomic E-state index is 14.7. The summed E-state index contributed by atoms with van der Waals surface area (Å²) in [5, 5.41) is 13.7. The monoisotopic (exact) mass is 345 g/mol. The van der Waals surface area contributed by atoms with Gasteiger partial charge < -0.3 is 9.64 Å². The minimum absolute atomic E-state index is 0.0323. The third kappa shape index (κ3) is 2.56. The molecular formula is C16H13ClFN5O. The van der Waals surface area contributed by atoms with Gasteiger partial charge in [0.15, 0.2) is 5.82 Å². The van der Waals surface area contributed by atoms with E-state index in [0.717, 1.165) is 5.56 Å². The molecule has 4 rings (SSSR count). The van der Waals surface area contributed by atoms with Crippen molar-refractivity contribution in [1.29, 1.82) is 0 Å². The maximum absolute atomic E-state index is 14.7. The number of fused-ring (bicyclic) bond motifs is 1. The van der Waals surface area contributed by atoms with Gasteiger partial charge in [-0.3, -0.25) is 0 Å². The number of rotatable bonds is 3. The van der Waals surface area contributed by atoms with Crippen molar-refractivity contribution in [1.82, 2.24) is 20.6 Å². The predicted octanol–water partition coefficient (Wildman–Crippen LogP) is 3.06. The Labute approximate surface area is 142 Å². The molecule has 1 aromatic heterocycles. The first-order valence-electron chi connectivity index (χ1n) is 7.41. The first-order chi connectivity index (χ1) is 11.7. The molecule has 2 aromatic carbocycles. The number of anilines is 1. The third-order valence-electron chi connectivity index (χ3n) is 3.88. The Balaban J connectivity index is 1.85. The fraction of sp³-hybridized carbons (Fsp3) is 0.188. The lowest BCUT2D eigenvalue weighted by molar-refractivity contribution is 0.306. The van der Waals surface area contributed by atoms with Gasteiger partial charge >= 0.3 is 0 Å². The molecule has 1 aliphatic rings. The zero-order valence-corrected chi connectivity index (χ0v) is 13.3. The molecule has 0 atom stereocenters. The summed E-state index contributed by atoms with van der Waals surface area (Å²) < 4.78 is 20.4. The van der Waals surface area contributed by atoms with Crippen LogP contribution in [0.2, 0.25) is 5.02 Å². The van der Waals surface area contributed by atoms with Gasteiger partial charge in [-0.1, -0.05) is 41.9 Å². The average molecular weight is 346 g/mol. The number of nitrogens with zero attached hydrogens (tertiary/aromatic N) is 4. The molecule has 0 bridgehead atoms. The summed E-state index contributed by atoms with van der Waals surface area (Å²) in [5.74, 6) is 0.0820. The standard InChI is InChI=1S/C16H13ClFN5O/c17-11-8-12-15(13(14(11)18)16-19-21-22-20-16)23(6-7-24-12)9-10-4-2-1-3-5-10/h1-5,8H,6-7,9H2,(H,19,20,21,22). The van der Waals surface area contributed by atoms with E-state index in [2.05, 4.69) is 20.6 Å². The lowest BCUT2D eigenvalue weighted by atomic mass is 10.1. The molecule has 0 saturated heterocycles. The van der Waals surface area contributed by atoms with Crippen LogP contribution < -0.4 is 9.64 Å². The lowest BCUT2D eigenvalue weighted by Crippen LogP contribution is -2.33. The Morgan fingerprint density at radius 1 is 1.29 bits per heavy atom. The first-order valence-corrected chi connectivity index (χ1v) is 7.79. The van der Waals surface area contributed by atoms with Crippen LogP contribution in [0, 0.1) is 5.82 Å². The summed E-state index contributed by atoms with van der Waals surface area (Å²) in [6, 6.07) is 11.4. The molecule has 1 aliphatic heterocycles. The predicted molar refractivity (Wildman–Crippen MR) is 87.6 cm³/mol. The molecule has 0 saturated carbocycles. The highest BCUT2D eigenvalue weighted by atomic mass is 35.5. The minimum Gasteiger partial charge on any atom is -0.489 e. The zero-order valence-electron chi connectivity index (χ0n) is 12.5. The fourth-order valence-electron chi connectivity index (χ4n) is 2.83. The second-order valence-corrected chi connectivity index (χ2v) is 5.79. The van der Waals surface area contributed by atoms with Crippen molar-refractivity contribution in [3.05, 3.63) is 52.8 Å². The van der Waals surface area contributed by atoms with E-state index < -0.39 is 5.82 Å². The molecule has 0 aliphatic carbocycles. The van der Waals surface area contributed by atoms with E-state index >= 15 is 0 Å².